The topological polar surface area (TPSA) is 91.5 Å². The van der Waals surface area contributed by atoms with E-state index >= 15 is 0 Å². The molecular weight excluding hydrogens is 492 g/mol. The summed E-state index contributed by atoms with van der Waals surface area (Å²) in [7, 11) is 2.09. The summed E-state index contributed by atoms with van der Waals surface area (Å²) >= 11 is 0. The summed E-state index contributed by atoms with van der Waals surface area (Å²) in [4.78, 5) is 37.6. The monoisotopic (exact) mass is 524 g/mol. The molecular formula is C29H32N8O2. The van der Waals surface area contributed by atoms with Crippen LogP contribution in [-0.2, 0) is 17.9 Å². The molecule has 2 aliphatic rings. The fourth-order valence-electron chi connectivity index (χ4n) is 5.55. The van der Waals surface area contributed by atoms with E-state index in [2.05, 4.69) is 33.9 Å². The number of hydrogen-bond acceptors (Lipinski definition) is 7. The summed E-state index contributed by atoms with van der Waals surface area (Å²) in [6.45, 7) is 9.69. The van der Waals surface area contributed by atoms with Crippen LogP contribution >= 0.6 is 0 Å². The van der Waals surface area contributed by atoms with E-state index < -0.39 is 0 Å². The Morgan fingerprint density at radius 1 is 1.05 bits per heavy atom. The standard InChI is InChI=1S/C29H32N8O2/c1-4-27(38)37-14-13-35(23-8-5-7-20(2)28(23)37)25-15-21-17-30-26-16-24(21)36(29(25)39)10-6-9-33(3)11-12-34-19-22(32-26)18-31-34/h4-5,7-8,15-19H,1,6,9-14H2,2-3H3,(H,30,32). The molecule has 1 amide bonds. The molecule has 3 aromatic heterocycles. The van der Waals surface area contributed by atoms with Crippen molar-refractivity contribution in [3.05, 3.63) is 77.5 Å². The Kier molecular flexibility index (Phi) is 6.40. The lowest BCUT2D eigenvalue weighted by Gasteiger charge is -2.38. The highest BCUT2D eigenvalue weighted by Gasteiger charge is 2.29. The van der Waals surface area contributed by atoms with Gasteiger partial charge in [-0.25, -0.2) is 4.98 Å². The molecule has 0 unspecified atom stereocenters. The summed E-state index contributed by atoms with van der Waals surface area (Å²) in [6, 6.07) is 9.78. The molecule has 0 radical (unpaired) electrons. The molecule has 4 bridgehead atoms. The van der Waals surface area contributed by atoms with Gasteiger partial charge in [-0.1, -0.05) is 18.7 Å². The number of nitrogens with one attached hydrogen (secondary N) is 1. The first kappa shape index (κ1) is 24.9. The minimum atomic E-state index is -0.145. The van der Waals surface area contributed by atoms with Crippen molar-refractivity contribution in [2.75, 3.05) is 48.3 Å². The van der Waals surface area contributed by atoms with Gasteiger partial charge in [-0.2, -0.15) is 5.10 Å². The van der Waals surface area contributed by atoms with Crippen molar-refractivity contribution in [2.45, 2.75) is 26.4 Å². The molecule has 0 aliphatic carbocycles. The van der Waals surface area contributed by atoms with Crippen LogP contribution in [0, 0.1) is 6.92 Å². The maximum absolute atomic E-state index is 14.2. The molecule has 1 N–H and O–H groups in total. The SMILES string of the molecule is C=CC(=O)N1CCN(c2cc3cnc4cc3n(c2=O)CCCN(C)CCn2cc(cn2)N4)c2cccc(C)c21. The average Bonchev–Trinajstić information content (AvgIpc) is 3.39. The molecule has 0 spiro atoms. The molecule has 0 saturated carbocycles. The highest BCUT2D eigenvalue weighted by molar-refractivity contribution is 6.05. The first-order valence-electron chi connectivity index (χ1n) is 13.3. The van der Waals surface area contributed by atoms with Gasteiger partial charge in [-0.05, 0) is 50.7 Å². The molecule has 0 atom stereocenters. The molecule has 2 aliphatic heterocycles. The first-order valence-corrected chi connectivity index (χ1v) is 13.3. The lowest BCUT2D eigenvalue weighted by Crippen LogP contribution is -2.44. The van der Waals surface area contributed by atoms with E-state index in [0.29, 0.717) is 31.1 Å². The summed E-state index contributed by atoms with van der Waals surface area (Å²) in [5.74, 6) is 0.517. The van der Waals surface area contributed by atoms with Crippen LogP contribution in [0.3, 0.4) is 0 Å². The van der Waals surface area contributed by atoms with Gasteiger partial charge in [0, 0.05) is 50.0 Å². The lowest BCUT2D eigenvalue weighted by molar-refractivity contribution is -0.114. The maximum Gasteiger partial charge on any atom is 0.274 e. The second-order valence-corrected chi connectivity index (χ2v) is 10.2. The molecule has 1 aromatic carbocycles. The van der Waals surface area contributed by atoms with Crippen molar-refractivity contribution in [2.24, 2.45) is 0 Å². The van der Waals surface area contributed by atoms with Crippen LogP contribution < -0.4 is 20.7 Å². The fourth-order valence-corrected chi connectivity index (χ4v) is 5.55. The van der Waals surface area contributed by atoms with Crippen LogP contribution in [0.4, 0.5) is 28.6 Å². The maximum atomic E-state index is 14.2. The number of hydrogen-bond donors (Lipinski definition) is 1. The quantitative estimate of drug-likeness (QED) is 0.400. The minimum Gasteiger partial charge on any atom is -0.338 e. The van der Waals surface area contributed by atoms with Gasteiger partial charge in [0.15, 0.2) is 0 Å². The van der Waals surface area contributed by atoms with E-state index in [1.165, 1.54) is 6.08 Å². The highest BCUT2D eigenvalue weighted by Crippen LogP contribution is 2.39. The number of para-hydroxylation sites is 1. The summed E-state index contributed by atoms with van der Waals surface area (Å²) in [6.07, 6.45) is 7.73. The van der Waals surface area contributed by atoms with Gasteiger partial charge in [0.1, 0.15) is 11.5 Å². The number of rotatable bonds is 2. The number of aromatic nitrogens is 4. The second-order valence-electron chi connectivity index (χ2n) is 10.2. The normalized spacial score (nSPS) is 16.1. The van der Waals surface area contributed by atoms with Crippen LogP contribution in [-0.4, -0.2) is 63.4 Å². The van der Waals surface area contributed by atoms with Crippen molar-refractivity contribution in [3.63, 3.8) is 0 Å². The number of amides is 1. The fraction of sp³-hybridized carbons (Fsp3) is 0.310. The lowest BCUT2D eigenvalue weighted by atomic mass is 10.1. The van der Waals surface area contributed by atoms with Gasteiger partial charge in [-0.3, -0.25) is 14.3 Å². The molecule has 4 aromatic rings. The average molecular weight is 525 g/mol. The molecule has 10 nitrogen and oxygen atoms in total. The zero-order valence-corrected chi connectivity index (χ0v) is 22.3. The van der Waals surface area contributed by atoms with Crippen LogP contribution in [0.15, 0.2) is 66.4 Å². The zero-order chi connectivity index (χ0) is 27.1. The third kappa shape index (κ3) is 4.57. The molecule has 5 heterocycles. The molecule has 39 heavy (non-hydrogen) atoms. The van der Waals surface area contributed by atoms with E-state index in [-0.39, 0.29) is 11.5 Å². The Bertz CT molecular complexity index is 1640. The Hall–Kier alpha value is -4.44. The van der Waals surface area contributed by atoms with Crippen LogP contribution in [0.5, 0.6) is 0 Å². The Balaban J connectivity index is 1.48. The van der Waals surface area contributed by atoms with E-state index in [1.807, 2.05) is 63.8 Å². The van der Waals surface area contributed by atoms with Crippen LogP contribution in [0.25, 0.3) is 10.9 Å². The van der Waals surface area contributed by atoms with E-state index in [1.54, 1.807) is 11.1 Å². The van der Waals surface area contributed by atoms with E-state index in [4.69, 9.17) is 0 Å². The number of carbonyl (C=O) groups excluding carboxylic acids is 1. The third-order valence-corrected chi connectivity index (χ3v) is 7.55. The number of aryl methyl sites for hydroxylation is 2. The Morgan fingerprint density at radius 2 is 1.92 bits per heavy atom. The smallest absolute Gasteiger partial charge is 0.274 e. The number of nitrogens with zero attached hydrogens (tertiary/aromatic N) is 7. The van der Waals surface area contributed by atoms with Crippen LogP contribution in [0.1, 0.15) is 12.0 Å². The predicted molar refractivity (Wildman–Crippen MR) is 154 cm³/mol. The van der Waals surface area contributed by atoms with Gasteiger partial charge in [0.25, 0.3) is 11.5 Å². The summed E-state index contributed by atoms with van der Waals surface area (Å²) < 4.78 is 3.80. The molecule has 10 heteroatoms. The Labute approximate surface area is 226 Å². The number of benzene rings is 1. The first-order chi connectivity index (χ1) is 18.9. The molecule has 200 valence electrons. The van der Waals surface area contributed by atoms with Gasteiger partial charge in [-0.15, -0.1) is 0 Å². The molecule has 0 fully saturated rings. The summed E-state index contributed by atoms with van der Waals surface area (Å²) in [5, 5.41) is 8.66. The minimum absolute atomic E-state index is 0.0572. The highest BCUT2D eigenvalue weighted by atomic mass is 16.2. The van der Waals surface area contributed by atoms with Crippen LogP contribution in [0.2, 0.25) is 0 Å². The zero-order valence-electron chi connectivity index (χ0n) is 22.3. The Morgan fingerprint density at radius 3 is 2.77 bits per heavy atom. The molecule has 6 rings (SSSR count). The van der Waals surface area contributed by atoms with Crippen molar-refractivity contribution < 1.29 is 4.79 Å². The second kappa shape index (κ2) is 10.0. The number of likely N-dealkylation sites (N-methyl/N-ethyl adjacent to an activating group) is 1. The third-order valence-electron chi connectivity index (χ3n) is 7.55. The van der Waals surface area contributed by atoms with Gasteiger partial charge >= 0.3 is 0 Å². The van der Waals surface area contributed by atoms with Crippen molar-refractivity contribution in [1.82, 2.24) is 24.2 Å². The number of anilines is 5. The number of carbonyl (C=O) groups is 1. The van der Waals surface area contributed by atoms with Gasteiger partial charge < -0.3 is 24.6 Å². The predicted octanol–water partition coefficient (Wildman–Crippen LogP) is 3.65. The van der Waals surface area contributed by atoms with Crippen molar-refractivity contribution >= 4 is 45.4 Å². The number of pyridine rings is 2. The van der Waals surface area contributed by atoms with E-state index in [0.717, 1.165) is 59.6 Å². The van der Waals surface area contributed by atoms with Crippen molar-refractivity contribution in [3.8, 4) is 0 Å². The van der Waals surface area contributed by atoms with Crippen molar-refractivity contribution in [1.29, 1.82) is 0 Å². The largest absolute Gasteiger partial charge is 0.338 e. The summed E-state index contributed by atoms with van der Waals surface area (Å²) in [5.41, 5.74) is 4.83. The van der Waals surface area contributed by atoms with E-state index in [9.17, 15) is 9.59 Å². The number of fused-ring (bicyclic) bond motifs is 4. The van der Waals surface area contributed by atoms with Gasteiger partial charge in [0.2, 0.25) is 0 Å². The molecule has 0 saturated heterocycles. The van der Waals surface area contributed by atoms with Gasteiger partial charge in [0.05, 0.1) is 35.3 Å².